The van der Waals surface area contributed by atoms with E-state index in [-0.39, 0.29) is 17.9 Å². The maximum Gasteiger partial charge on any atom is 0.331 e. The Morgan fingerprint density at radius 2 is 2.39 bits per heavy atom. The summed E-state index contributed by atoms with van der Waals surface area (Å²) in [5, 5.41) is 11.9. The van der Waals surface area contributed by atoms with E-state index < -0.39 is 5.97 Å². The first-order valence-corrected chi connectivity index (χ1v) is 6.57. The van der Waals surface area contributed by atoms with E-state index in [0.29, 0.717) is 25.1 Å². The Balaban J connectivity index is 2.01. The SMILES string of the molecule is CCC(=CCN1CCCC2C(=O)NCC21)C(=O)O. The molecule has 0 radical (unpaired) electrons. The first-order chi connectivity index (χ1) is 8.63. The minimum absolute atomic E-state index is 0.0991. The third kappa shape index (κ3) is 2.56. The molecule has 2 N–H and O–H groups in total. The van der Waals surface area contributed by atoms with E-state index in [0.717, 1.165) is 19.4 Å². The Hall–Kier alpha value is -1.36. The molecule has 5 heteroatoms. The fourth-order valence-corrected chi connectivity index (χ4v) is 2.88. The molecule has 100 valence electrons. The van der Waals surface area contributed by atoms with Gasteiger partial charge in [-0.3, -0.25) is 9.69 Å². The van der Waals surface area contributed by atoms with Gasteiger partial charge < -0.3 is 10.4 Å². The minimum atomic E-state index is -0.841. The second-order valence-corrected chi connectivity index (χ2v) is 4.94. The van der Waals surface area contributed by atoms with Gasteiger partial charge in [-0.2, -0.15) is 0 Å². The highest BCUT2D eigenvalue weighted by atomic mass is 16.4. The second-order valence-electron chi connectivity index (χ2n) is 4.94. The lowest BCUT2D eigenvalue weighted by Crippen LogP contribution is -2.45. The topological polar surface area (TPSA) is 69.6 Å². The molecule has 0 saturated carbocycles. The van der Waals surface area contributed by atoms with Crippen molar-refractivity contribution in [1.82, 2.24) is 10.2 Å². The van der Waals surface area contributed by atoms with Gasteiger partial charge in [-0.25, -0.2) is 4.79 Å². The number of carboxylic acids is 1. The number of hydrogen-bond donors (Lipinski definition) is 2. The molecule has 18 heavy (non-hydrogen) atoms. The normalized spacial score (nSPS) is 28.9. The average Bonchev–Trinajstić information content (AvgIpc) is 2.73. The molecule has 0 aliphatic carbocycles. The van der Waals surface area contributed by atoms with Crippen molar-refractivity contribution in [3.05, 3.63) is 11.6 Å². The number of rotatable bonds is 4. The largest absolute Gasteiger partial charge is 0.478 e. The molecule has 2 atom stereocenters. The molecule has 2 saturated heterocycles. The number of piperidine rings is 1. The highest BCUT2D eigenvalue weighted by molar-refractivity contribution is 5.86. The monoisotopic (exact) mass is 252 g/mol. The Bertz CT molecular complexity index is 378. The van der Waals surface area contributed by atoms with Gasteiger partial charge in [0.1, 0.15) is 0 Å². The molecule has 5 nitrogen and oxygen atoms in total. The van der Waals surface area contributed by atoms with E-state index in [1.54, 1.807) is 6.08 Å². The van der Waals surface area contributed by atoms with Gasteiger partial charge >= 0.3 is 5.97 Å². The molecule has 2 rings (SSSR count). The van der Waals surface area contributed by atoms with Crippen LogP contribution in [-0.2, 0) is 9.59 Å². The lowest BCUT2D eigenvalue weighted by Gasteiger charge is -2.35. The number of carboxylic acid groups (broad SMARTS) is 1. The van der Waals surface area contributed by atoms with Crippen molar-refractivity contribution in [3.8, 4) is 0 Å². The summed E-state index contributed by atoms with van der Waals surface area (Å²) >= 11 is 0. The van der Waals surface area contributed by atoms with Crippen molar-refractivity contribution in [1.29, 1.82) is 0 Å². The van der Waals surface area contributed by atoms with Gasteiger partial charge in [0.25, 0.3) is 0 Å². The summed E-state index contributed by atoms with van der Waals surface area (Å²) in [6.07, 6.45) is 4.29. The summed E-state index contributed by atoms with van der Waals surface area (Å²) in [6, 6.07) is 0.245. The predicted molar refractivity (Wildman–Crippen MR) is 67.1 cm³/mol. The van der Waals surface area contributed by atoms with Crippen LogP contribution < -0.4 is 5.32 Å². The molecule has 0 aromatic heterocycles. The van der Waals surface area contributed by atoms with Crippen molar-refractivity contribution in [2.45, 2.75) is 32.2 Å². The molecular weight excluding hydrogens is 232 g/mol. The summed E-state index contributed by atoms with van der Waals surface area (Å²) in [5.74, 6) is -0.587. The maximum absolute atomic E-state index is 11.6. The molecule has 0 bridgehead atoms. The number of carbonyl (C=O) groups excluding carboxylic acids is 1. The number of likely N-dealkylation sites (tertiary alicyclic amines) is 1. The van der Waals surface area contributed by atoms with Crippen LogP contribution in [0.5, 0.6) is 0 Å². The molecule has 2 aliphatic heterocycles. The molecule has 2 heterocycles. The van der Waals surface area contributed by atoms with Crippen LogP contribution in [0.4, 0.5) is 0 Å². The standard InChI is InChI=1S/C13H20N2O3/c1-2-9(13(17)18)5-7-15-6-3-4-10-11(15)8-14-12(10)16/h5,10-11H,2-4,6-8H2,1H3,(H,14,16)(H,17,18). The van der Waals surface area contributed by atoms with Crippen molar-refractivity contribution in [2.24, 2.45) is 5.92 Å². The number of aliphatic carboxylic acids is 1. The van der Waals surface area contributed by atoms with Crippen LogP contribution in [0.3, 0.4) is 0 Å². The lowest BCUT2D eigenvalue weighted by atomic mass is 9.91. The van der Waals surface area contributed by atoms with Crippen molar-refractivity contribution in [2.75, 3.05) is 19.6 Å². The molecule has 2 unspecified atom stereocenters. The van der Waals surface area contributed by atoms with Crippen molar-refractivity contribution < 1.29 is 14.7 Å². The van der Waals surface area contributed by atoms with E-state index in [2.05, 4.69) is 10.2 Å². The highest BCUT2D eigenvalue weighted by Gasteiger charge is 2.40. The number of fused-ring (bicyclic) bond motifs is 1. The predicted octanol–water partition coefficient (Wildman–Crippen LogP) is 0.618. The van der Waals surface area contributed by atoms with Crippen LogP contribution in [-0.4, -0.2) is 47.6 Å². The number of amides is 1. The summed E-state index contributed by atoms with van der Waals surface area (Å²) in [6.45, 7) is 4.13. The van der Waals surface area contributed by atoms with Gasteiger partial charge in [0, 0.05) is 24.7 Å². The molecule has 0 aromatic carbocycles. The van der Waals surface area contributed by atoms with Gasteiger partial charge in [0.15, 0.2) is 0 Å². The number of hydrogen-bond acceptors (Lipinski definition) is 3. The molecule has 0 aromatic rings. The van der Waals surface area contributed by atoms with Crippen molar-refractivity contribution in [3.63, 3.8) is 0 Å². The average molecular weight is 252 g/mol. The van der Waals surface area contributed by atoms with Crippen LogP contribution in [0.15, 0.2) is 11.6 Å². The second kappa shape index (κ2) is 5.52. The molecule has 2 fully saturated rings. The van der Waals surface area contributed by atoms with Crippen LogP contribution in [0.1, 0.15) is 26.2 Å². The molecule has 2 aliphatic rings. The van der Waals surface area contributed by atoms with Gasteiger partial charge in [-0.05, 0) is 25.8 Å². The maximum atomic E-state index is 11.6. The lowest BCUT2D eigenvalue weighted by molar-refractivity contribution is -0.132. The number of nitrogens with one attached hydrogen (secondary N) is 1. The van der Waals surface area contributed by atoms with E-state index in [1.807, 2.05) is 6.92 Å². The summed E-state index contributed by atoms with van der Waals surface area (Å²) in [7, 11) is 0. The first-order valence-electron chi connectivity index (χ1n) is 6.57. The Morgan fingerprint density at radius 1 is 1.61 bits per heavy atom. The summed E-state index contributed by atoms with van der Waals surface area (Å²) < 4.78 is 0. The van der Waals surface area contributed by atoms with Crippen LogP contribution in [0, 0.1) is 5.92 Å². The molecule has 1 amide bonds. The van der Waals surface area contributed by atoms with Crippen molar-refractivity contribution >= 4 is 11.9 Å². The zero-order chi connectivity index (χ0) is 13.1. The summed E-state index contributed by atoms with van der Waals surface area (Å²) in [4.78, 5) is 24.8. The fourth-order valence-electron chi connectivity index (χ4n) is 2.88. The Labute approximate surface area is 107 Å². The zero-order valence-corrected chi connectivity index (χ0v) is 10.7. The fraction of sp³-hybridized carbons (Fsp3) is 0.692. The van der Waals surface area contributed by atoms with Crippen LogP contribution >= 0.6 is 0 Å². The smallest absolute Gasteiger partial charge is 0.331 e. The zero-order valence-electron chi connectivity index (χ0n) is 10.7. The Kier molecular flexibility index (Phi) is 4.01. The number of nitrogens with zero attached hydrogens (tertiary/aromatic N) is 1. The summed E-state index contributed by atoms with van der Waals surface area (Å²) in [5.41, 5.74) is 0.453. The molecular formula is C13H20N2O3. The van der Waals surface area contributed by atoms with Gasteiger partial charge in [0.2, 0.25) is 5.91 Å². The Morgan fingerprint density at radius 3 is 3.06 bits per heavy atom. The minimum Gasteiger partial charge on any atom is -0.478 e. The van der Waals surface area contributed by atoms with Crippen LogP contribution in [0.2, 0.25) is 0 Å². The van der Waals surface area contributed by atoms with E-state index in [4.69, 9.17) is 5.11 Å². The van der Waals surface area contributed by atoms with E-state index >= 15 is 0 Å². The first kappa shape index (κ1) is 13.1. The quantitative estimate of drug-likeness (QED) is 0.720. The van der Waals surface area contributed by atoms with Gasteiger partial charge in [-0.1, -0.05) is 13.0 Å². The van der Waals surface area contributed by atoms with E-state index in [9.17, 15) is 9.59 Å². The number of carbonyl (C=O) groups is 2. The third-order valence-corrected chi connectivity index (χ3v) is 3.94. The van der Waals surface area contributed by atoms with E-state index in [1.165, 1.54) is 0 Å². The van der Waals surface area contributed by atoms with Crippen LogP contribution in [0.25, 0.3) is 0 Å². The highest BCUT2D eigenvalue weighted by Crippen LogP contribution is 2.27. The van der Waals surface area contributed by atoms with Gasteiger partial charge in [-0.15, -0.1) is 0 Å². The van der Waals surface area contributed by atoms with Gasteiger partial charge in [0.05, 0.1) is 5.92 Å². The third-order valence-electron chi connectivity index (χ3n) is 3.94. The molecule has 0 spiro atoms.